The minimum absolute atomic E-state index is 0.000435. The van der Waals surface area contributed by atoms with Crippen LogP contribution in [0.15, 0.2) is 47.6 Å². The number of hydrogen-bond donors (Lipinski definition) is 0. The predicted octanol–water partition coefficient (Wildman–Crippen LogP) is 1.18. The van der Waals surface area contributed by atoms with Gasteiger partial charge in [-0.05, 0) is 31.2 Å². The van der Waals surface area contributed by atoms with Crippen molar-refractivity contribution in [3.63, 3.8) is 0 Å². The van der Waals surface area contributed by atoms with E-state index in [1.54, 1.807) is 12.1 Å². The van der Waals surface area contributed by atoms with E-state index in [1.807, 2.05) is 19.1 Å². The molecule has 1 saturated heterocycles. The number of nitrogens with zero attached hydrogens (tertiary/aromatic N) is 2. The summed E-state index contributed by atoms with van der Waals surface area (Å²) in [6, 6.07) is 9.92. The maximum atomic E-state index is 12.6. The minimum Gasteiger partial charge on any atom is -0.545 e. The molecule has 0 aliphatic carbocycles. The highest BCUT2D eigenvalue weighted by molar-refractivity contribution is 8.00. The zero-order valence-corrected chi connectivity index (χ0v) is 13.6. The number of aromatic nitrogens is 1. The highest BCUT2D eigenvalue weighted by Gasteiger charge is 2.40. The van der Waals surface area contributed by atoms with Gasteiger partial charge in [-0.1, -0.05) is 29.5 Å². The quantitative estimate of drug-likeness (QED) is 0.776. The van der Waals surface area contributed by atoms with Crippen LogP contribution in [0, 0.1) is 6.92 Å². The number of anilines is 1. The molecule has 0 saturated carbocycles. The third-order valence-corrected chi connectivity index (χ3v) is 4.84. The van der Waals surface area contributed by atoms with Gasteiger partial charge in [0.25, 0.3) is 0 Å². The number of carbonyl (C=O) groups is 3. The van der Waals surface area contributed by atoms with Crippen LogP contribution in [0.4, 0.5) is 5.69 Å². The van der Waals surface area contributed by atoms with Crippen molar-refractivity contribution in [3.05, 3.63) is 53.7 Å². The first-order valence-electron chi connectivity index (χ1n) is 7.24. The predicted molar refractivity (Wildman–Crippen MR) is 86.5 cm³/mol. The highest BCUT2D eigenvalue weighted by atomic mass is 32.2. The van der Waals surface area contributed by atoms with Gasteiger partial charge in [-0.15, -0.1) is 0 Å². The van der Waals surface area contributed by atoms with E-state index in [0.29, 0.717) is 5.69 Å². The lowest BCUT2D eigenvalue weighted by Gasteiger charge is -2.15. The summed E-state index contributed by atoms with van der Waals surface area (Å²) >= 11 is 0.976. The zero-order valence-electron chi connectivity index (χ0n) is 12.8. The smallest absolute Gasteiger partial charge is 0.247 e. The summed E-state index contributed by atoms with van der Waals surface area (Å²) in [5.74, 6) is -2.05. The SMILES string of the molecule is Cc1ccc(N2C(=O)CC(Sc3ncccc3C(=O)[O-])C2=O)cc1. The van der Waals surface area contributed by atoms with Crippen LogP contribution in [0.3, 0.4) is 0 Å². The van der Waals surface area contributed by atoms with Crippen LogP contribution in [-0.2, 0) is 9.59 Å². The lowest BCUT2D eigenvalue weighted by atomic mass is 10.2. The fourth-order valence-corrected chi connectivity index (χ4v) is 3.54. The first-order valence-corrected chi connectivity index (χ1v) is 8.12. The Morgan fingerprint density at radius 3 is 2.62 bits per heavy atom. The molecule has 0 N–H and O–H groups in total. The van der Waals surface area contributed by atoms with Crippen molar-refractivity contribution in [2.24, 2.45) is 0 Å². The van der Waals surface area contributed by atoms with Crippen LogP contribution in [-0.4, -0.2) is 28.0 Å². The lowest BCUT2D eigenvalue weighted by Crippen LogP contribution is -2.31. The average molecular weight is 341 g/mol. The molecule has 1 aromatic heterocycles. The first kappa shape index (κ1) is 16.2. The summed E-state index contributed by atoms with van der Waals surface area (Å²) in [4.78, 5) is 41.1. The van der Waals surface area contributed by atoms with Gasteiger partial charge >= 0.3 is 0 Å². The van der Waals surface area contributed by atoms with E-state index in [2.05, 4.69) is 4.98 Å². The number of amides is 2. The van der Waals surface area contributed by atoms with Crippen LogP contribution < -0.4 is 10.0 Å². The maximum absolute atomic E-state index is 12.6. The standard InChI is InChI=1S/C17H14N2O4S/c1-10-4-6-11(7-5-10)19-14(20)9-13(16(19)21)24-15-12(17(22)23)3-2-8-18-15/h2-8,13H,9H2,1H3,(H,22,23)/p-1. The summed E-state index contributed by atoms with van der Waals surface area (Å²) < 4.78 is 0. The molecule has 0 radical (unpaired) electrons. The molecule has 0 spiro atoms. The fourth-order valence-electron chi connectivity index (χ4n) is 2.44. The topological polar surface area (TPSA) is 90.4 Å². The fraction of sp³-hybridized carbons (Fsp3) is 0.176. The molecule has 24 heavy (non-hydrogen) atoms. The number of aryl methyl sites for hydroxylation is 1. The Labute approximate surface area is 142 Å². The van der Waals surface area contributed by atoms with Gasteiger partial charge in [-0.3, -0.25) is 9.59 Å². The van der Waals surface area contributed by atoms with E-state index >= 15 is 0 Å². The molecular weight excluding hydrogens is 328 g/mol. The molecule has 1 atom stereocenters. The summed E-state index contributed by atoms with van der Waals surface area (Å²) in [7, 11) is 0. The number of carboxylic acid groups (broad SMARTS) is 1. The van der Waals surface area contributed by atoms with Crippen LogP contribution in [0.2, 0.25) is 0 Å². The number of thioether (sulfide) groups is 1. The number of rotatable bonds is 4. The Morgan fingerprint density at radius 2 is 1.96 bits per heavy atom. The van der Waals surface area contributed by atoms with Crippen molar-refractivity contribution >= 4 is 35.2 Å². The van der Waals surface area contributed by atoms with Crippen molar-refractivity contribution in [3.8, 4) is 0 Å². The number of carbonyl (C=O) groups excluding carboxylic acids is 3. The Balaban J connectivity index is 1.85. The highest BCUT2D eigenvalue weighted by Crippen LogP contribution is 2.34. The number of imide groups is 1. The Morgan fingerprint density at radius 1 is 1.25 bits per heavy atom. The van der Waals surface area contributed by atoms with E-state index in [4.69, 9.17) is 0 Å². The second-order valence-electron chi connectivity index (χ2n) is 5.36. The van der Waals surface area contributed by atoms with Crippen molar-refractivity contribution in [2.75, 3.05) is 4.90 Å². The number of carboxylic acids is 1. The number of hydrogen-bond acceptors (Lipinski definition) is 6. The third kappa shape index (κ3) is 3.03. The van der Waals surface area contributed by atoms with Crippen molar-refractivity contribution in [1.29, 1.82) is 0 Å². The maximum Gasteiger partial charge on any atom is 0.247 e. The van der Waals surface area contributed by atoms with Gasteiger partial charge < -0.3 is 9.90 Å². The van der Waals surface area contributed by atoms with Crippen LogP contribution in [0.25, 0.3) is 0 Å². The molecular formula is C17H13N2O4S-. The molecule has 6 nitrogen and oxygen atoms in total. The van der Waals surface area contributed by atoms with Gasteiger partial charge in [0.05, 0.1) is 16.9 Å². The van der Waals surface area contributed by atoms with Crippen molar-refractivity contribution < 1.29 is 19.5 Å². The molecule has 0 bridgehead atoms. The normalized spacial score (nSPS) is 17.4. The molecule has 2 heterocycles. The molecule has 1 aromatic carbocycles. The largest absolute Gasteiger partial charge is 0.545 e. The molecule has 1 aliphatic heterocycles. The Bertz CT molecular complexity index is 820. The van der Waals surface area contributed by atoms with Crippen molar-refractivity contribution in [2.45, 2.75) is 23.6 Å². The summed E-state index contributed by atoms with van der Waals surface area (Å²) in [6.45, 7) is 1.92. The molecule has 2 amide bonds. The van der Waals surface area contributed by atoms with E-state index in [9.17, 15) is 19.5 Å². The molecule has 3 rings (SSSR count). The van der Waals surface area contributed by atoms with Gasteiger partial charge in [0.2, 0.25) is 11.8 Å². The molecule has 2 aromatic rings. The minimum atomic E-state index is -1.36. The van der Waals surface area contributed by atoms with Gasteiger partial charge in [-0.2, -0.15) is 0 Å². The van der Waals surface area contributed by atoms with Gasteiger partial charge in [-0.25, -0.2) is 9.88 Å². The van der Waals surface area contributed by atoms with E-state index < -0.39 is 11.2 Å². The molecule has 1 fully saturated rings. The van der Waals surface area contributed by atoms with Crippen LogP contribution in [0.1, 0.15) is 22.3 Å². The van der Waals surface area contributed by atoms with E-state index in [-0.39, 0.29) is 28.8 Å². The number of benzene rings is 1. The van der Waals surface area contributed by atoms with Crippen LogP contribution in [0.5, 0.6) is 0 Å². The van der Waals surface area contributed by atoms with Gasteiger partial charge in [0.1, 0.15) is 5.03 Å². The summed E-state index contributed by atoms with van der Waals surface area (Å²) in [5, 5.41) is 10.6. The Hall–Kier alpha value is -2.67. The molecule has 7 heteroatoms. The van der Waals surface area contributed by atoms with E-state index in [0.717, 1.165) is 22.2 Å². The first-order chi connectivity index (χ1) is 11.5. The molecule has 1 aliphatic rings. The summed E-state index contributed by atoms with van der Waals surface area (Å²) in [5.41, 5.74) is 1.45. The van der Waals surface area contributed by atoms with E-state index in [1.165, 1.54) is 18.3 Å². The number of aromatic carboxylic acids is 1. The average Bonchev–Trinajstić information content (AvgIpc) is 2.83. The lowest BCUT2D eigenvalue weighted by molar-refractivity contribution is -0.255. The van der Waals surface area contributed by atoms with Crippen LogP contribution >= 0.6 is 11.8 Å². The van der Waals surface area contributed by atoms with Gasteiger partial charge in [0, 0.05) is 18.2 Å². The molecule has 122 valence electrons. The molecule has 1 unspecified atom stereocenters. The summed E-state index contributed by atoms with van der Waals surface area (Å²) in [6.07, 6.45) is 1.44. The number of pyridine rings is 1. The van der Waals surface area contributed by atoms with Gasteiger partial charge in [0.15, 0.2) is 0 Å². The van der Waals surface area contributed by atoms with Crippen molar-refractivity contribution in [1.82, 2.24) is 4.98 Å². The monoisotopic (exact) mass is 341 g/mol. The Kier molecular flexibility index (Phi) is 4.35. The third-order valence-electron chi connectivity index (χ3n) is 3.64. The zero-order chi connectivity index (χ0) is 17.3. The second-order valence-corrected chi connectivity index (χ2v) is 6.55. The second kappa shape index (κ2) is 6.45.